The van der Waals surface area contributed by atoms with E-state index in [9.17, 15) is 8.42 Å². The minimum absolute atomic E-state index is 0.165. The van der Waals surface area contributed by atoms with E-state index in [2.05, 4.69) is 17.5 Å². The third kappa shape index (κ3) is 2.59. The Balaban J connectivity index is 1.57. The fourth-order valence-electron chi connectivity index (χ4n) is 2.99. The van der Waals surface area contributed by atoms with Crippen LogP contribution in [0.3, 0.4) is 0 Å². The van der Waals surface area contributed by atoms with Gasteiger partial charge in [0.1, 0.15) is 0 Å². The van der Waals surface area contributed by atoms with E-state index >= 15 is 0 Å². The average Bonchev–Trinajstić information content (AvgIpc) is 2.71. The molecule has 3 rings (SSSR count). The first kappa shape index (κ1) is 12.8. The molecule has 0 aliphatic heterocycles. The van der Waals surface area contributed by atoms with Gasteiger partial charge in [-0.25, -0.2) is 13.6 Å². The summed E-state index contributed by atoms with van der Waals surface area (Å²) in [6.07, 6.45) is 7.06. The summed E-state index contributed by atoms with van der Waals surface area (Å²) in [4.78, 5) is 0.165. The lowest BCUT2D eigenvalue weighted by Crippen LogP contribution is -2.47. The summed E-state index contributed by atoms with van der Waals surface area (Å²) in [6, 6.07) is 7.32. The number of fused-ring (bicyclic) bond motifs is 1. The Hall–Kier alpha value is -1.17. The van der Waals surface area contributed by atoms with E-state index in [0.717, 1.165) is 18.0 Å². The first-order chi connectivity index (χ1) is 9.04. The number of hydrogen-bond donors (Lipinski definition) is 2. The van der Waals surface area contributed by atoms with E-state index in [0.29, 0.717) is 12.0 Å². The largest absolute Gasteiger partial charge is 0.309 e. The van der Waals surface area contributed by atoms with Gasteiger partial charge in [0.05, 0.1) is 4.90 Å². The molecule has 1 fully saturated rings. The van der Waals surface area contributed by atoms with Crippen LogP contribution in [0.15, 0.2) is 41.3 Å². The zero-order valence-corrected chi connectivity index (χ0v) is 11.4. The molecule has 0 heterocycles. The highest BCUT2D eigenvalue weighted by Crippen LogP contribution is 2.42. The molecule has 1 aromatic carbocycles. The second kappa shape index (κ2) is 4.74. The molecule has 102 valence electrons. The summed E-state index contributed by atoms with van der Waals surface area (Å²) in [7, 11) is -3.59. The molecule has 0 spiro atoms. The zero-order chi connectivity index (χ0) is 13.5. The van der Waals surface area contributed by atoms with E-state index in [1.54, 1.807) is 12.1 Å². The maximum absolute atomic E-state index is 11.1. The number of nitrogens with one attached hydrogen (secondary N) is 1. The average molecular weight is 278 g/mol. The zero-order valence-electron chi connectivity index (χ0n) is 10.6. The number of benzene rings is 1. The van der Waals surface area contributed by atoms with E-state index in [1.165, 1.54) is 12.8 Å². The summed E-state index contributed by atoms with van der Waals surface area (Å²) >= 11 is 0. The van der Waals surface area contributed by atoms with Crippen LogP contribution in [-0.2, 0) is 16.6 Å². The molecule has 2 aliphatic rings. The molecule has 0 saturated heterocycles. The third-order valence-electron chi connectivity index (χ3n) is 4.18. The van der Waals surface area contributed by atoms with Gasteiger partial charge in [-0.3, -0.25) is 0 Å². The summed E-state index contributed by atoms with van der Waals surface area (Å²) in [5.74, 6) is 1.55. The molecule has 0 aromatic heterocycles. The number of nitrogens with two attached hydrogens (primary N) is 1. The van der Waals surface area contributed by atoms with Gasteiger partial charge in [0.25, 0.3) is 0 Å². The SMILES string of the molecule is NS(=O)(=O)c1ccc(CNC2CC3CC=CC32)cc1. The summed E-state index contributed by atoms with van der Waals surface area (Å²) in [6.45, 7) is 0.770. The minimum Gasteiger partial charge on any atom is -0.309 e. The molecule has 4 nitrogen and oxygen atoms in total. The van der Waals surface area contributed by atoms with Crippen molar-refractivity contribution in [3.05, 3.63) is 42.0 Å². The number of sulfonamides is 1. The molecule has 5 heteroatoms. The molecular weight excluding hydrogens is 260 g/mol. The van der Waals surface area contributed by atoms with Gasteiger partial charge in [-0.1, -0.05) is 24.3 Å². The van der Waals surface area contributed by atoms with Crippen LogP contribution in [0, 0.1) is 11.8 Å². The highest BCUT2D eigenvalue weighted by molar-refractivity contribution is 7.89. The van der Waals surface area contributed by atoms with Gasteiger partial charge < -0.3 is 5.32 Å². The normalized spacial score (nSPS) is 29.0. The van der Waals surface area contributed by atoms with Gasteiger partial charge in [-0.15, -0.1) is 0 Å². The topological polar surface area (TPSA) is 72.2 Å². The van der Waals surface area contributed by atoms with Gasteiger partial charge >= 0.3 is 0 Å². The Morgan fingerprint density at radius 3 is 2.63 bits per heavy atom. The minimum atomic E-state index is -3.59. The van der Waals surface area contributed by atoms with Crippen LogP contribution in [0.2, 0.25) is 0 Å². The second-order valence-corrected chi connectivity index (χ2v) is 6.97. The molecule has 2 aliphatic carbocycles. The predicted molar refractivity (Wildman–Crippen MR) is 73.8 cm³/mol. The van der Waals surface area contributed by atoms with Crippen molar-refractivity contribution in [2.45, 2.75) is 30.3 Å². The van der Waals surface area contributed by atoms with Crippen molar-refractivity contribution in [3.63, 3.8) is 0 Å². The smallest absolute Gasteiger partial charge is 0.238 e. The van der Waals surface area contributed by atoms with Gasteiger partial charge in [0, 0.05) is 12.6 Å². The molecule has 1 saturated carbocycles. The Kier molecular flexibility index (Phi) is 3.20. The van der Waals surface area contributed by atoms with Gasteiger partial charge in [0.15, 0.2) is 0 Å². The van der Waals surface area contributed by atoms with E-state index in [-0.39, 0.29) is 4.90 Å². The van der Waals surface area contributed by atoms with Crippen LogP contribution in [-0.4, -0.2) is 14.5 Å². The van der Waals surface area contributed by atoms with Crippen LogP contribution < -0.4 is 10.5 Å². The van der Waals surface area contributed by atoms with Crippen LogP contribution in [0.5, 0.6) is 0 Å². The molecule has 0 radical (unpaired) electrons. The maximum atomic E-state index is 11.1. The Bertz CT molecular complexity index is 592. The lowest BCUT2D eigenvalue weighted by Gasteiger charge is -2.40. The molecule has 3 unspecified atom stereocenters. The van der Waals surface area contributed by atoms with Crippen molar-refractivity contribution in [1.82, 2.24) is 5.32 Å². The lowest BCUT2D eigenvalue weighted by atomic mass is 9.71. The lowest BCUT2D eigenvalue weighted by molar-refractivity contribution is 0.162. The standard InChI is InChI=1S/C14H18N2O2S/c15-19(17,18)12-6-4-10(5-7-12)9-16-14-8-11-2-1-3-13(11)14/h1,3-7,11,13-14,16H,2,8-9H2,(H2,15,17,18). The van der Waals surface area contributed by atoms with Crippen LogP contribution in [0.4, 0.5) is 0 Å². The quantitative estimate of drug-likeness (QED) is 0.817. The van der Waals surface area contributed by atoms with Gasteiger partial charge in [0.2, 0.25) is 10.0 Å². The molecule has 3 N–H and O–H groups in total. The van der Waals surface area contributed by atoms with E-state index in [4.69, 9.17) is 5.14 Å². The van der Waals surface area contributed by atoms with Crippen molar-refractivity contribution in [2.24, 2.45) is 17.0 Å². The summed E-state index contributed by atoms with van der Waals surface area (Å²) < 4.78 is 22.3. The maximum Gasteiger partial charge on any atom is 0.238 e. The number of allylic oxidation sites excluding steroid dienone is 1. The Morgan fingerprint density at radius 2 is 2.00 bits per heavy atom. The predicted octanol–water partition coefficient (Wildman–Crippen LogP) is 1.39. The fraction of sp³-hybridized carbons (Fsp3) is 0.429. The molecule has 19 heavy (non-hydrogen) atoms. The fourth-order valence-corrected chi connectivity index (χ4v) is 3.51. The molecule has 1 aromatic rings. The molecule has 0 bridgehead atoms. The van der Waals surface area contributed by atoms with Crippen molar-refractivity contribution in [2.75, 3.05) is 0 Å². The van der Waals surface area contributed by atoms with Crippen molar-refractivity contribution in [3.8, 4) is 0 Å². The van der Waals surface area contributed by atoms with Crippen LogP contribution >= 0.6 is 0 Å². The number of primary sulfonamides is 1. The number of hydrogen-bond acceptors (Lipinski definition) is 3. The van der Waals surface area contributed by atoms with Crippen LogP contribution in [0.1, 0.15) is 18.4 Å². The molecule has 0 amide bonds. The first-order valence-corrected chi connectivity index (χ1v) is 8.10. The van der Waals surface area contributed by atoms with Crippen LogP contribution in [0.25, 0.3) is 0 Å². The Morgan fingerprint density at radius 1 is 1.26 bits per heavy atom. The first-order valence-electron chi connectivity index (χ1n) is 6.56. The molecular formula is C14H18N2O2S. The number of rotatable bonds is 4. The van der Waals surface area contributed by atoms with Crippen molar-refractivity contribution in [1.29, 1.82) is 0 Å². The van der Waals surface area contributed by atoms with E-state index in [1.807, 2.05) is 12.1 Å². The Labute approximate surface area is 113 Å². The van der Waals surface area contributed by atoms with Gasteiger partial charge in [-0.05, 0) is 42.4 Å². The monoisotopic (exact) mass is 278 g/mol. The van der Waals surface area contributed by atoms with E-state index < -0.39 is 10.0 Å². The highest BCUT2D eigenvalue weighted by Gasteiger charge is 2.40. The van der Waals surface area contributed by atoms with Crippen molar-refractivity contribution >= 4 is 10.0 Å². The summed E-state index contributed by atoms with van der Waals surface area (Å²) in [5.41, 5.74) is 1.08. The third-order valence-corrected chi connectivity index (χ3v) is 5.11. The summed E-state index contributed by atoms with van der Waals surface area (Å²) in [5, 5.41) is 8.60. The molecule has 3 atom stereocenters. The highest BCUT2D eigenvalue weighted by atomic mass is 32.2. The van der Waals surface area contributed by atoms with Crippen molar-refractivity contribution < 1.29 is 8.42 Å². The van der Waals surface area contributed by atoms with Gasteiger partial charge in [-0.2, -0.15) is 0 Å². The second-order valence-electron chi connectivity index (χ2n) is 5.41.